The van der Waals surface area contributed by atoms with Crippen molar-refractivity contribution in [3.63, 3.8) is 0 Å². The van der Waals surface area contributed by atoms with E-state index in [1.54, 1.807) is 38.1 Å². The van der Waals surface area contributed by atoms with Gasteiger partial charge in [-0.1, -0.05) is 11.6 Å². The van der Waals surface area contributed by atoms with Crippen LogP contribution in [0.25, 0.3) is 0 Å². The van der Waals surface area contributed by atoms with Gasteiger partial charge in [-0.15, -0.1) is 0 Å². The van der Waals surface area contributed by atoms with Crippen molar-refractivity contribution in [2.24, 2.45) is 0 Å². The molecule has 0 unspecified atom stereocenters. The Morgan fingerprint density at radius 1 is 1.08 bits per heavy atom. The number of hydrogen-bond donors (Lipinski definition) is 2. The van der Waals surface area contributed by atoms with Crippen molar-refractivity contribution in [1.82, 2.24) is 10.6 Å². The smallest absolute Gasteiger partial charge is 0.321 e. The van der Waals surface area contributed by atoms with E-state index in [-0.39, 0.29) is 24.7 Å². The molecule has 8 heteroatoms. The van der Waals surface area contributed by atoms with Gasteiger partial charge >= 0.3 is 12.0 Å². The summed E-state index contributed by atoms with van der Waals surface area (Å²) in [6.07, 6.45) is -0.206. The van der Waals surface area contributed by atoms with Crippen LogP contribution in [0.3, 0.4) is 0 Å². The van der Waals surface area contributed by atoms with Gasteiger partial charge in [0.05, 0.1) is 6.42 Å². The van der Waals surface area contributed by atoms with E-state index in [1.165, 1.54) is 0 Å². The molecule has 0 heterocycles. The van der Waals surface area contributed by atoms with Crippen LogP contribution in [0.15, 0.2) is 24.3 Å². The monoisotopic (exact) mass is 354 g/mol. The first-order valence-corrected chi connectivity index (χ1v) is 7.70. The summed E-state index contributed by atoms with van der Waals surface area (Å²) in [6, 6.07) is 5.51. The third-order valence-electron chi connectivity index (χ3n) is 2.76. The van der Waals surface area contributed by atoms with Crippen molar-refractivity contribution in [1.29, 1.82) is 0 Å². The van der Waals surface area contributed by atoms with Gasteiger partial charge in [0, 0.05) is 23.0 Å². The van der Waals surface area contributed by atoms with Gasteiger partial charge in [0.1, 0.15) is 0 Å². The fraction of sp³-hybridized carbons (Fsp3) is 0.375. The van der Waals surface area contributed by atoms with Crippen LogP contribution >= 0.6 is 11.6 Å². The number of nitrogens with one attached hydrogen (secondary N) is 2. The summed E-state index contributed by atoms with van der Waals surface area (Å²) in [7, 11) is 0. The molecule has 7 nitrogen and oxygen atoms in total. The Hall–Kier alpha value is -2.41. The second-order valence-electron chi connectivity index (χ2n) is 5.27. The Labute approximate surface area is 144 Å². The number of carbonyl (C=O) groups excluding carboxylic acids is 4. The molecule has 0 radical (unpaired) electrons. The van der Waals surface area contributed by atoms with E-state index >= 15 is 0 Å². The Kier molecular flexibility index (Phi) is 7.91. The number of benzene rings is 1. The highest BCUT2D eigenvalue weighted by Crippen LogP contribution is 2.12. The fourth-order valence-electron chi connectivity index (χ4n) is 1.67. The molecule has 0 aliphatic heterocycles. The quantitative estimate of drug-likeness (QED) is 0.576. The van der Waals surface area contributed by atoms with Crippen molar-refractivity contribution in [2.45, 2.75) is 32.7 Å². The van der Waals surface area contributed by atoms with Gasteiger partial charge in [0.15, 0.2) is 12.4 Å². The van der Waals surface area contributed by atoms with Gasteiger partial charge < -0.3 is 10.1 Å². The molecule has 0 aliphatic carbocycles. The van der Waals surface area contributed by atoms with Gasteiger partial charge in [-0.2, -0.15) is 0 Å². The highest BCUT2D eigenvalue weighted by Gasteiger charge is 2.13. The molecule has 24 heavy (non-hydrogen) atoms. The molecular weight excluding hydrogens is 336 g/mol. The van der Waals surface area contributed by atoms with Crippen LogP contribution in [0, 0.1) is 0 Å². The molecule has 0 saturated carbocycles. The molecular formula is C16H19ClN2O5. The van der Waals surface area contributed by atoms with E-state index in [1.807, 2.05) is 5.32 Å². The zero-order valence-electron chi connectivity index (χ0n) is 13.4. The van der Waals surface area contributed by atoms with E-state index in [2.05, 4.69) is 5.32 Å². The number of urea groups is 1. The molecule has 3 amide bonds. The van der Waals surface area contributed by atoms with Gasteiger partial charge in [-0.3, -0.25) is 19.7 Å². The number of halogens is 1. The summed E-state index contributed by atoms with van der Waals surface area (Å²) >= 11 is 5.73. The van der Waals surface area contributed by atoms with E-state index < -0.39 is 24.5 Å². The van der Waals surface area contributed by atoms with Gasteiger partial charge in [-0.25, -0.2) is 4.79 Å². The van der Waals surface area contributed by atoms with Crippen molar-refractivity contribution in [3.8, 4) is 0 Å². The van der Waals surface area contributed by atoms with Crippen LogP contribution in [0.5, 0.6) is 0 Å². The fourth-order valence-corrected chi connectivity index (χ4v) is 1.80. The van der Waals surface area contributed by atoms with Gasteiger partial charge in [0.2, 0.25) is 0 Å². The molecule has 0 fully saturated rings. The average Bonchev–Trinajstić information content (AvgIpc) is 2.50. The number of carbonyl (C=O) groups is 4. The first-order chi connectivity index (χ1) is 11.3. The number of ether oxygens (including phenoxy) is 1. The maximum absolute atomic E-state index is 11.9. The highest BCUT2D eigenvalue weighted by molar-refractivity contribution is 6.30. The zero-order chi connectivity index (χ0) is 18.1. The molecule has 0 atom stereocenters. The van der Waals surface area contributed by atoms with Crippen LogP contribution in [-0.2, 0) is 14.3 Å². The second kappa shape index (κ2) is 9.67. The molecule has 0 aliphatic rings. The summed E-state index contributed by atoms with van der Waals surface area (Å²) < 4.78 is 4.71. The maximum atomic E-state index is 11.9. The minimum Gasteiger partial charge on any atom is -0.456 e. The topological polar surface area (TPSA) is 102 Å². The van der Waals surface area contributed by atoms with E-state index in [0.717, 1.165) is 0 Å². The van der Waals surface area contributed by atoms with Gasteiger partial charge in [-0.05, 0) is 38.1 Å². The standard InChI is InChI=1S/C16H19ClN2O5/c1-10(2)18-16(23)19-14(21)9-24-15(22)8-7-13(20)11-3-5-12(17)6-4-11/h3-6,10H,7-9H2,1-2H3,(H2,18,19,21,23). The first-order valence-electron chi connectivity index (χ1n) is 7.32. The molecule has 0 spiro atoms. The highest BCUT2D eigenvalue weighted by atomic mass is 35.5. The number of hydrogen-bond acceptors (Lipinski definition) is 5. The van der Waals surface area contributed by atoms with Crippen molar-refractivity contribution in [3.05, 3.63) is 34.9 Å². The predicted molar refractivity (Wildman–Crippen MR) is 87.8 cm³/mol. The Bertz CT molecular complexity index is 613. The summed E-state index contributed by atoms with van der Waals surface area (Å²) in [4.78, 5) is 46.1. The zero-order valence-corrected chi connectivity index (χ0v) is 14.2. The summed E-state index contributed by atoms with van der Waals surface area (Å²) in [5, 5.41) is 4.99. The molecule has 1 rings (SSSR count). The molecule has 1 aromatic carbocycles. The van der Waals surface area contributed by atoms with Crippen LogP contribution in [-0.4, -0.2) is 36.3 Å². The van der Waals surface area contributed by atoms with Crippen molar-refractivity contribution < 1.29 is 23.9 Å². The minimum atomic E-state index is -0.745. The number of Topliss-reactive ketones (excluding diaryl/α,β-unsaturated/α-hetero) is 1. The number of esters is 1. The second-order valence-corrected chi connectivity index (χ2v) is 5.70. The lowest BCUT2D eigenvalue weighted by molar-refractivity contribution is -0.148. The first kappa shape index (κ1) is 19.6. The predicted octanol–water partition coefficient (Wildman–Crippen LogP) is 2.08. The third-order valence-corrected chi connectivity index (χ3v) is 3.01. The summed E-state index contributed by atoms with van der Waals surface area (Å²) in [5.41, 5.74) is 0.440. The van der Waals surface area contributed by atoms with E-state index in [9.17, 15) is 19.2 Å². The number of amides is 3. The molecule has 0 bridgehead atoms. The molecule has 130 valence electrons. The summed E-state index contributed by atoms with van der Waals surface area (Å²) in [5.74, 6) is -1.67. The summed E-state index contributed by atoms with van der Waals surface area (Å²) in [6.45, 7) is 2.89. The minimum absolute atomic E-state index is 0.0457. The van der Waals surface area contributed by atoms with Crippen LogP contribution in [0.4, 0.5) is 4.79 Å². The third kappa shape index (κ3) is 7.73. The lowest BCUT2D eigenvalue weighted by Crippen LogP contribution is -2.44. The number of ketones is 1. The Morgan fingerprint density at radius 3 is 2.29 bits per heavy atom. The van der Waals surface area contributed by atoms with E-state index in [0.29, 0.717) is 10.6 Å². The van der Waals surface area contributed by atoms with Crippen LogP contribution in [0.2, 0.25) is 5.02 Å². The molecule has 0 aromatic heterocycles. The van der Waals surface area contributed by atoms with Crippen LogP contribution < -0.4 is 10.6 Å². The molecule has 0 saturated heterocycles. The average molecular weight is 355 g/mol. The number of imide groups is 1. The normalized spacial score (nSPS) is 10.2. The van der Waals surface area contributed by atoms with Crippen LogP contribution in [0.1, 0.15) is 37.0 Å². The lowest BCUT2D eigenvalue weighted by atomic mass is 10.1. The Balaban J connectivity index is 2.28. The van der Waals surface area contributed by atoms with Crippen molar-refractivity contribution >= 4 is 35.3 Å². The van der Waals surface area contributed by atoms with E-state index in [4.69, 9.17) is 16.3 Å². The Morgan fingerprint density at radius 2 is 1.71 bits per heavy atom. The molecule has 2 N–H and O–H groups in total. The SMILES string of the molecule is CC(C)NC(=O)NC(=O)COC(=O)CCC(=O)c1ccc(Cl)cc1. The largest absolute Gasteiger partial charge is 0.456 e. The maximum Gasteiger partial charge on any atom is 0.321 e. The molecule has 1 aromatic rings. The number of rotatable bonds is 7. The van der Waals surface area contributed by atoms with Crippen molar-refractivity contribution in [2.75, 3.05) is 6.61 Å². The van der Waals surface area contributed by atoms with Gasteiger partial charge in [0.25, 0.3) is 5.91 Å². The lowest BCUT2D eigenvalue weighted by Gasteiger charge is -2.09.